The Morgan fingerprint density at radius 3 is 2.55 bits per heavy atom. The lowest BCUT2D eigenvalue weighted by atomic mass is 10.2. The number of esters is 1. The number of ether oxygens (including phenoxy) is 1. The monoisotopic (exact) mass is 390 g/mol. The van der Waals surface area contributed by atoms with Crippen molar-refractivity contribution in [1.82, 2.24) is 14.8 Å². The number of para-hydroxylation sites is 1. The van der Waals surface area contributed by atoms with Gasteiger partial charge in [0.05, 0.1) is 12.7 Å². The zero-order valence-corrected chi connectivity index (χ0v) is 15.9. The molecule has 4 rings (SSSR count). The van der Waals surface area contributed by atoms with Crippen LogP contribution in [0.4, 0.5) is 5.69 Å². The quantitative estimate of drug-likeness (QED) is 0.524. The molecule has 1 N–H and O–H groups in total. The van der Waals surface area contributed by atoms with Gasteiger partial charge < -0.3 is 19.0 Å². The molecule has 2 aromatic carbocycles. The summed E-state index contributed by atoms with van der Waals surface area (Å²) in [4.78, 5) is 24.2. The van der Waals surface area contributed by atoms with Crippen LogP contribution in [0.1, 0.15) is 16.2 Å². The van der Waals surface area contributed by atoms with Crippen LogP contribution in [0.2, 0.25) is 0 Å². The molecule has 4 aromatic rings. The fourth-order valence-corrected chi connectivity index (χ4v) is 3.11. The number of aromatic nitrogens is 3. The first kappa shape index (κ1) is 18.4. The first-order valence-electron chi connectivity index (χ1n) is 8.92. The smallest absolute Gasteiger partial charge is 0.337 e. The summed E-state index contributed by atoms with van der Waals surface area (Å²) in [5.74, 6) is 0.150. The third-order valence-corrected chi connectivity index (χ3v) is 4.45. The molecular formula is C21H18N4O4. The highest BCUT2D eigenvalue weighted by atomic mass is 16.5. The van der Waals surface area contributed by atoms with E-state index in [1.165, 1.54) is 7.11 Å². The Kier molecular flexibility index (Phi) is 4.82. The van der Waals surface area contributed by atoms with Crippen LogP contribution in [0.25, 0.3) is 22.5 Å². The number of fused-ring (bicyclic) bond motifs is 1. The van der Waals surface area contributed by atoms with E-state index in [2.05, 4.69) is 20.3 Å². The number of anilines is 1. The molecule has 0 aliphatic carbocycles. The van der Waals surface area contributed by atoms with Crippen molar-refractivity contribution in [3.63, 3.8) is 0 Å². The van der Waals surface area contributed by atoms with Crippen molar-refractivity contribution in [2.45, 2.75) is 13.5 Å². The van der Waals surface area contributed by atoms with E-state index in [1.807, 2.05) is 34.9 Å². The van der Waals surface area contributed by atoms with Crippen LogP contribution in [0.15, 0.2) is 59.0 Å². The minimum atomic E-state index is -0.429. The van der Waals surface area contributed by atoms with E-state index in [9.17, 15) is 9.59 Å². The number of aryl methyl sites for hydroxylation is 1. The number of hydrogen-bond donors (Lipinski definition) is 1. The number of amides is 1. The van der Waals surface area contributed by atoms with Gasteiger partial charge in [-0.3, -0.25) is 4.79 Å². The van der Waals surface area contributed by atoms with Gasteiger partial charge in [-0.05, 0) is 36.4 Å². The van der Waals surface area contributed by atoms with Gasteiger partial charge in [-0.1, -0.05) is 18.2 Å². The average molecular weight is 390 g/mol. The standard InChI is InChI=1S/C21H18N4O4/c1-13-23-24-20(29-13)18-11-15-5-3-4-6-17(15)25(18)12-19(26)22-16-9-7-14(8-10-16)21(27)28-2/h3-11H,12H2,1-2H3,(H,22,26). The lowest BCUT2D eigenvalue weighted by molar-refractivity contribution is -0.116. The molecule has 0 radical (unpaired) electrons. The summed E-state index contributed by atoms with van der Waals surface area (Å²) in [6.45, 7) is 1.78. The second kappa shape index (κ2) is 7.59. The lowest BCUT2D eigenvalue weighted by Crippen LogP contribution is -2.19. The molecule has 0 aliphatic heterocycles. The van der Waals surface area contributed by atoms with Crippen LogP contribution >= 0.6 is 0 Å². The van der Waals surface area contributed by atoms with Gasteiger partial charge in [-0.15, -0.1) is 10.2 Å². The van der Waals surface area contributed by atoms with E-state index < -0.39 is 5.97 Å². The minimum absolute atomic E-state index is 0.0586. The number of carbonyl (C=O) groups is 2. The SMILES string of the molecule is COC(=O)c1ccc(NC(=O)Cn2c(-c3nnc(C)o3)cc3ccccc32)cc1. The number of benzene rings is 2. The summed E-state index contributed by atoms with van der Waals surface area (Å²) in [6.07, 6.45) is 0. The topological polar surface area (TPSA) is 99.2 Å². The van der Waals surface area contributed by atoms with Crippen molar-refractivity contribution < 1.29 is 18.7 Å². The molecule has 146 valence electrons. The minimum Gasteiger partial charge on any atom is -0.465 e. The molecule has 8 nitrogen and oxygen atoms in total. The van der Waals surface area contributed by atoms with E-state index in [4.69, 9.17) is 4.42 Å². The Morgan fingerprint density at radius 2 is 1.86 bits per heavy atom. The molecule has 0 unspecified atom stereocenters. The Morgan fingerprint density at radius 1 is 1.10 bits per heavy atom. The van der Waals surface area contributed by atoms with Crippen molar-refractivity contribution in [1.29, 1.82) is 0 Å². The summed E-state index contributed by atoms with van der Waals surface area (Å²) >= 11 is 0. The van der Waals surface area contributed by atoms with Gasteiger partial charge >= 0.3 is 5.97 Å². The zero-order chi connectivity index (χ0) is 20.4. The molecule has 0 atom stereocenters. The van der Waals surface area contributed by atoms with Gasteiger partial charge in [0.2, 0.25) is 11.8 Å². The first-order valence-corrected chi connectivity index (χ1v) is 8.92. The molecule has 0 aliphatic rings. The average Bonchev–Trinajstić information content (AvgIpc) is 3.31. The number of rotatable bonds is 5. The maximum atomic E-state index is 12.7. The third-order valence-electron chi connectivity index (χ3n) is 4.45. The van der Waals surface area contributed by atoms with Gasteiger partial charge in [0.1, 0.15) is 12.2 Å². The van der Waals surface area contributed by atoms with Crippen molar-refractivity contribution >= 4 is 28.5 Å². The van der Waals surface area contributed by atoms with Crippen LogP contribution in [0.5, 0.6) is 0 Å². The van der Waals surface area contributed by atoms with Crippen molar-refractivity contribution in [3.05, 3.63) is 66.1 Å². The van der Waals surface area contributed by atoms with Gasteiger partial charge in [0.25, 0.3) is 5.89 Å². The highest BCUT2D eigenvalue weighted by Gasteiger charge is 2.17. The number of methoxy groups -OCH3 is 1. The highest BCUT2D eigenvalue weighted by molar-refractivity contribution is 5.94. The molecule has 0 saturated carbocycles. The van der Waals surface area contributed by atoms with E-state index in [0.717, 1.165) is 10.9 Å². The van der Waals surface area contributed by atoms with E-state index in [1.54, 1.807) is 31.2 Å². The van der Waals surface area contributed by atoms with E-state index >= 15 is 0 Å². The second-order valence-electron chi connectivity index (χ2n) is 6.42. The molecule has 0 saturated heterocycles. The largest absolute Gasteiger partial charge is 0.465 e. The molecule has 29 heavy (non-hydrogen) atoms. The van der Waals surface area contributed by atoms with Gasteiger partial charge in [-0.25, -0.2) is 4.79 Å². The van der Waals surface area contributed by atoms with Gasteiger partial charge in [-0.2, -0.15) is 0 Å². The molecule has 8 heteroatoms. The number of nitrogens with one attached hydrogen (secondary N) is 1. The fourth-order valence-electron chi connectivity index (χ4n) is 3.11. The molecule has 2 heterocycles. The maximum Gasteiger partial charge on any atom is 0.337 e. The van der Waals surface area contributed by atoms with Crippen molar-refractivity contribution in [3.8, 4) is 11.6 Å². The Bertz CT molecular complexity index is 1190. The second-order valence-corrected chi connectivity index (χ2v) is 6.42. The van der Waals surface area contributed by atoms with Gasteiger partial charge in [0, 0.05) is 23.5 Å². The maximum absolute atomic E-state index is 12.7. The van der Waals surface area contributed by atoms with Crippen LogP contribution < -0.4 is 5.32 Å². The Hall–Kier alpha value is -3.94. The normalized spacial score (nSPS) is 10.8. The predicted octanol–water partition coefficient (Wildman–Crippen LogP) is 3.43. The molecule has 0 spiro atoms. The van der Waals surface area contributed by atoms with Crippen LogP contribution in [0.3, 0.4) is 0 Å². The fraction of sp³-hybridized carbons (Fsp3) is 0.143. The van der Waals surface area contributed by atoms with E-state index in [-0.39, 0.29) is 12.5 Å². The number of nitrogens with zero attached hydrogens (tertiary/aromatic N) is 3. The summed E-state index contributed by atoms with van der Waals surface area (Å²) in [7, 11) is 1.32. The Labute approximate surface area is 166 Å². The lowest BCUT2D eigenvalue weighted by Gasteiger charge is -2.10. The first-order chi connectivity index (χ1) is 14.0. The molecule has 2 aromatic heterocycles. The van der Waals surface area contributed by atoms with E-state index in [0.29, 0.717) is 28.7 Å². The Balaban J connectivity index is 1.60. The predicted molar refractivity (Wildman–Crippen MR) is 106 cm³/mol. The summed E-state index contributed by atoms with van der Waals surface area (Å²) in [5.41, 5.74) is 2.54. The molecule has 0 fully saturated rings. The van der Waals surface area contributed by atoms with Crippen LogP contribution in [-0.2, 0) is 16.1 Å². The highest BCUT2D eigenvalue weighted by Crippen LogP contribution is 2.27. The number of hydrogen-bond acceptors (Lipinski definition) is 6. The molecule has 0 bridgehead atoms. The number of carbonyl (C=O) groups excluding carboxylic acids is 2. The molecular weight excluding hydrogens is 372 g/mol. The third kappa shape index (κ3) is 3.73. The van der Waals surface area contributed by atoms with Crippen LogP contribution in [0, 0.1) is 6.92 Å². The van der Waals surface area contributed by atoms with Gasteiger partial charge in [0.15, 0.2) is 0 Å². The van der Waals surface area contributed by atoms with Crippen molar-refractivity contribution in [2.24, 2.45) is 0 Å². The summed E-state index contributed by atoms with van der Waals surface area (Å²) < 4.78 is 12.1. The summed E-state index contributed by atoms with van der Waals surface area (Å²) in [6, 6.07) is 16.1. The summed E-state index contributed by atoms with van der Waals surface area (Å²) in [5, 5.41) is 11.8. The van der Waals surface area contributed by atoms with Crippen molar-refractivity contribution in [2.75, 3.05) is 12.4 Å². The zero-order valence-electron chi connectivity index (χ0n) is 15.9. The van der Waals surface area contributed by atoms with Crippen LogP contribution in [-0.4, -0.2) is 33.8 Å². The molecule has 1 amide bonds.